The third-order valence-electron chi connectivity index (χ3n) is 12.2. The van der Waals surface area contributed by atoms with Crippen molar-refractivity contribution < 1.29 is 22.5 Å². The molecule has 360 valence electrons. The first kappa shape index (κ1) is 50.4. The minimum absolute atomic E-state index is 0.130. The van der Waals surface area contributed by atoms with Crippen LogP contribution in [0.4, 0.5) is 21.5 Å². The van der Waals surface area contributed by atoms with Gasteiger partial charge in [-0.2, -0.15) is 0 Å². The highest BCUT2D eigenvalue weighted by Crippen LogP contribution is 2.39. The number of rotatable bonds is 19. The lowest BCUT2D eigenvalue weighted by molar-refractivity contribution is -0.384. The Balaban J connectivity index is 1.06. The van der Waals surface area contributed by atoms with Crippen molar-refractivity contribution in [1.29, 1.82) is 0 Å². The molecular weight excluding hydrogens is 912 g/mol. The molecular formula is C53H59FN8O5S2. The Bertz CT molecular complexity index is 2910. The normalized spacial score (nSPS) is 13.7. The van der Waals surface area contributed by atoms with Crippen LogP contribution in [0.3, 0.4) is 0 Å². The molecule has 16 heteroatoms. The molecule has 0 saturated carbocycles. The first-order valence-corrected chi connectivity index (χ1v) is 25.4. The molecule has 0 aliphatic carbocycles. The fraction of sp³-hybridized carbons (Fsp3) is 0.302. The molecule has 1 aromatic heterocycles. The van der Waals surface area contributed by atoms with Crippen LogP contribution < -0.4 is 15.4 Å². The van der Waals surface area contributed by atoms with E-state index in [1.165, 1.54) is 24.3 Å². The number of likely N-dealkylation sites (N-methyl/N-ethyl adjacent to an activating group) is 1. The van der Waals surface area contributed by atoms with Gasteiger partial charge in [0.1, 0.15) is 11.5 Å². The second-order valence-corrected chi connectivity index (χ2v) is 20.3. The molecule has 13 nitrogen and oxygen atoms in total. The van der Waals surface area contributed by atoms with Gasteiger partial charge in [-0.3, -0.25) is 19.6 Å². The predicted octanol–water partition coefficient (Wildman–Crippen LogP) is 8.81. The number of thioether (sulfide) groups is 1. The third kappa shape index (κ3) is 13.4. The van der Waals surface area contributed by atoms with Crippen LogP contribution in [0.15, 0.2) is 131 Å². The van der Waals surface area contributed by atoms with Crippen molar-refractivity contribution in [2.45, 2.75) is 35.6 Å². The number of halogens is 1. The number of hydrogen-bond acceptors (Lipinski definition) is 10. The number of carbonyl (C=O) groups is 1. The Labute approximate surface area is 409 Å². The molecule has 1 aliphatic heterocycles. The van der Waals surface area contributed by atoms with E-state index in [9.17, 15) is 27.7 Å². The molecule has 0 radical (unpaired) electrons. The summed E-state index contributed by atoms with van der Waals surface area (Å²) >= 11 is 1.64. The highest BCUT2D eigenvalue weighted by Gasteiger charge is 2.27. The van der Waals surface area contributed by atoms with E-state index in [0.29, 0.717) is 35.4 Å². The van der Waals surface area contributed by atoms with Gasteiger partial charge in [0.2, 0.25) is 0 Å². The van der Waals surface area contributed by atoms with Gasteiger partial charge < -0.3 is 29.9 Å². The van der Waals surface area contributed by atoms with Gasteiger partial charge >= 0.3 is 0 Å². The zero-order valence-corrected chi connectivity index (χ0v) is 41.3. The summed E-state index contributed by atoms with van der Waals surface area (Å²) < 4.78 is 45.9. The van der Waals surface area contributed by atoms with Crippen LogP contribution in [0.25, 0.3) is 22.4 Å². The average Bonchev–Trinajstić information content (AvgIpc) is 3.61. The predicted molar refractivity (Wildman–Crippen MR) is 276 cm³/mol. The van der Waals surface area contributed by atoms with Crippen molar-refractivity contribution >= 4 is 44.8 Å². The number of anilines is 2. The molecule has 6 aromatic rings. The van der Waals surface area contributed by atoms with Gasteiger partial charge in [-0.1, -0.05) is 42.2 Å². The highest BCUT2D eigenvalue weighted by molar-refractivity contribution is 7.99. The second-order valence-electron chi connectivity index (χ2n) is 17.5. The van der Waals surface area contributed by atoms with Gasteiger partial charge in [-0.15, -0.1) is 11.8 Å². The van der Waals surface area contributed by atoms with Crippen LogP contribution in [0.2, 0.25) is 0 Å². The first-order chi connectivity index (χ1) is 33.1. The standard InChI is InChI=1S/C53H59FN8O5S2/c1-38-50(53(63)55-28-10-29-61-33-31-59(4)32-34-61)51(52(60(38)5)41-19-21-43(54)22-20-41)42-12-9-11-40(35-42)16-15-39-17-23-44(24-18-39)57-69(66,67)47-25-26-48(49(36-47)62(64)65)56-45(27-30-58(2)3)37-68-46-13-7-6-8-14-46/h6-9,11-14,17-26,35-36,45,56-57H,10,27-34,37H2,1-5H3,(H,55,63)/t45-/m1/s1. The molecule has 3 N–H and O–H groups in total. The third-order valence-corrected chi connectivity index (χ3v) is 14.7. The van der Waals surface area contributed by atoms with Crippen molar-refractivity contribution in [2.24, 2.45) is 7.05 Å². The topological polar surface area (TPSA) is 145 Å². The zero-order valence-electron chi connectivity index (χ0n) is 39.7. The van der Waals surface area contributed by atoms with Gasteiger partial charge in [-0.05, 0) is 150 Å². The lowest BCUT2D eigenvalue weighted by Gasteiger charge is -2.32. The van der Waals surface area contributed by atoms with Crippen molar-refractivity contribution in [2.75, 3.05) is 82.7 Å². The minimum Gasteiger partial charge on any atom is -0.376 e. The Morgan fingerprint density at radius 1 is 0.870 bits per heavy atom. The van der Waals surface area contributed by atoms with Crippen molar-refractivity contribution in [3.63, 3.8) is 0 Å². The monoisotopic (exact) mass is 970 g/mol. The van der Waals surface area contributed by atoms with E-state index < -0.39 is 14.9 Å². The number of carbonyl (C=O) groups excluding carboxylic acids is 1. The Morgan fingerprint density at radius 2 is 1.58 bits per heavy atom. The lowest BCUT2D eigenvalue weighted by Crippen LogP contribution is -2.45. The number of benzene rings is 5. The average molecular weight is 971 g/mol. The van der Waals surface area contributed by atoms with Crippen LogP contribution in [0, 0.1) is 34.7 Å². The summed E-state index contributed by atoms with van der Waals surface area (Å²) in [6.07, 6.45) is 1.54. The van der Waals surface area contributed by atoms with Crippen LogP contribution in [-0.2, 0) is 17.1 Å². The van der Waals surface area contributed by atoms with Crippen LogP contribution >= 0.6 is 11.8 Å². The van der Waals surface area contributed by atoms with Crippen molar-refractivity contribution in [3.8, 4) is 34.2 Å². The smallest absolute Gasteiger partial charge is 0.293 e. The van der Waals surface area contributed by atoms with Crippen molar-refractivity contribution in [1.82, 2.24) is 24.6 Å². The molecule has 1 amide bonds. The fourth-order valence-electron chi connectivity index (χ4n) is 8.20. The highest BCUT2D eigenvalue weighted by atomic mass is 32.2. The maximum atomic E-state index is 14.1. The Morgan fingerprint density at radius 3 is 2.28 bits per heavy atom. The molecule has 69 heavy (non-hydrogen) atoms. The van der Waals surface area contributed by atoms with Gasteiger partial charge in [0.15, 0.2) is 0 Å². The quantitative estimate of drug-likeness (QED) is 0.0237. The van der Waals surface area contributed by atoms with E-state index >= 15 is 0 Å². The second kappa shape index (κ2) is 23.2. The molecule has 1 fully saturated rings. The summed E-state index contributed by atoms with van der Waals surface area (Å²) in [5.41, 5.74) is 5.80. The molecule has 1 saturated heterocycles. The number of nitro groups is 1. The van der Waals surface area contributed by atoms with Gasteiger partial charge in [0, 0.05) is 90.6 Å². The Kier molecular flexibility index (Phi) is 17.0. The lowest BCUT2D eigenvalue weighted by atomic mass is 9.95. The molecule has 1 aliphatic rings. The zero-order chi connectivity index (χ0) is 49.1. The van der Waals surface area contributed by atoms with Crippen molar-refractivity contribution in [3.05, 3.63) is 160 Å². The molecule has 0 unspecified atom stereocenters. The number of aromatic nitrogens is 1. The largest absolute Gasteiger partial charge is 0.376 e. The van der Waals surface area contributed by atoms with Gasteiger partial charge in [-0.25, -0.2) is 12.8 Å². The summed E-state index contributed by atoms with van der Waals surface area (Å²) in [5.74, 6) is 6.49. The number of sulfonamides is 1. The first-order valence-electron chi connectivity index (χ1n) is 22.9. The summed E-state index contributed by atoms with van der Waals surface area (Å²) in [6, 6.07) is 34.1. The van der Waals surface area contributed by atoms with Crippen LogP contribution in [-0.4, -0.2) is 117 Å². The van der Waals surface area contributed by atoms with E-state index in [4.69, 9.17) is 0 Å². The number of nitrogens with zero attached hydrogens (tertiary/aromatic N) is 5. The SMILES string of the molecule is Cc1c(C(=O)NCCCN2CCN(C)CC2)c(-c2cccc(C#Cc3ccc(NS(=O)(=O)c4ccc(N[C@H](CCN(C)C)CSc5ccccc5)c([N+](=O)[O-])c4)cc3)c2)c(-c2ccc(F)cc2)n1C. The van der Waals surface area contributed by atoms with E-state index in [1.54, 1.807) is 48.2 Å². The Hall–Kier alpha value is -6.48. The van der Waals surface area contributed by atoms with E-state index in [-0.39, 0.29) is 39.7 Å². The molecule has 0 spiro atoms. The van der Waals surface area contributed by atoms with E-state index in [0.717, 1.165) is 84.7 Å². The number of nitrogens with one attached hydrogen (secondary N) is 3. The van der Waals surface area contributed by atoms with Gasteiger partial charge in [0.25, 0.3) is 21.6 Å². The molecule has 0 bridgehead atoms. The molecule has 1 atom stereocenters. The van der Waals surface area contributed by atoms with Gasteiger partial charge in [0.05, 0.1) is 21.1 Å². The number of nitro benzene ring substituents is 1. The molecule has 2 heterocycles. The fourth-order valence-corrected chi connectivity index (χ4v) is 10.3. The minimum atomic E-state index is -4.21. The summed E-state index contributed by atoms with van der Waals surface area (Å²) in [6.45, 7) is 8.19. The molecule has 7 rings (SSSR count). The van der Waals surface area contributed by atoms with Crippen LogP contribution in [0.5, 0.6) is 0 Å². The van der Waals surface area contributed by atoms with Crippen LogP contribution in [0.1, 0.15) is 40.0 Å². The summed E-state index contributed by atoms with van der Waals surface area (Å²) in [7, 11) is 3.76. The number of amides is 1. The van der Waals surface area contributed by atoms with E-state index in [2.05, 4.69) is 44.0 Å². The maximum absolute atomic E-state index is 14.1. The summed E-state index contributed by atoms with van der Waals surface area (Å²) in [5, 5.41) is 18.8. The molecule has 5 aromatic carbocycles. The maximum Gasteiger partial charge on any atom is 0.293 e. The summed E-state index contributed by atoms with van der Waals surface area (Å²) in [4.78, 5) is 33.4. The van der Waals surface area contributed by atoms with E-state index in [1.807, 2.05) is 92.1 Å². The number of hydrogen-bond donors (Lipinski definition) is 3. The number of piperazine rings is 1.